The van der Waals surface area contributed by atoms with Crippen LogP contribution in [0, 0.1) is 5.41 Å². The molecule has 24 heavy (non-hydrogen) atoms. The minimum Gasteiger partial charge on any atom is -0.465 e. The quantitative estimate of drug-likeness (QED) is 0.189. The minimum atomic E-state index is -1.92. The lowest BCUT2D eigenvalue weighted by atomic mass is 9.71. The second-order valence-electron chi connectivity index (χ2n) is 6.64. The summed E-state index contributed by atoms with van der Waals surface area (Å²) in [5.41, 5.74) is 4.17. The molecule has 2 fully saturated rings. The number of hydrogen-bond acceptors (Lipinski definition) is 7. The van der Waals surface area contributed by atoms with Crippen molar-refractivity contribution in [1.82, 2.24) is 0 Å². The predicted molar refractivity (Wildman–Crippen MR) is 81.0 cm³/mol. The SMILES string of the molecule is CCCCOC(=O)C1(C(=O)[N+]2(O)C(=O)CCC2=O)CCC(N)CC1. The normalized spacial score (nSPS) is 29.5. The van der Waals surface area contributed by atoms with Gasteiger partial charge in [-0.3, -0.25) is 4.79 Å². The fourth-order valence-electron chi connectivity index (χ4n) is 3.30. The van der Waals surface area contributed by atoms with Crippen molar-refractivity contribution in [1.29, 1.82) is 0 Å². The molecule has 1 aliphatic carbocycles. The van der Waals surface area contributed by atoms with Gasteiger partial charge in [0.15, 0.2) is 5.41 Å². The van der Waals surface area contributed by atoms with Crippen LogP contribution >= 0.6 is 0 Å². The summed E-state index contributed by atoms with van der Waals surface area (Å²) in [6, 6.07) is -0.161. The molecule has 0 unspecified atom stereocenters. The van der Waals surface area contributed by atoms with Gasteiger partial charge < -0.3 is 10.5 Å². The average Bonchev–Trinajstić information content (AvgIpc) is 2.83. The van der Waals surface area contributed by atoms with Crippen molar-refractivity contribution in [3.63, 3.8) is 0 Å². The van der Waals surface area contributed by atoms with Gasteiger partial charge in [0.2, 0.25) is 0 Å². The van der Waals surface area contributed by atoms with Crippen molar-refractivity contribution in [2.24, 2.45) is 11.1 Å². The Morgan fingerprint density at radius 1 is 1.25 bits per heavy atom. The maximum atomic E-state index is 13.0. The molecule has 3 N–H and O–H groups in total. The van der Waals surface area contributed by atoms with Gasteiger partial charge in [0.1, 0.15) is 0 Å². The highest BCUT2D eigenvalue weighted by Crippen LogP contribution is 2.42. The summed E-state index contributed by atoms with van der Waals surface area (Å²) in [6.45, 7) is 2.09. The third kappa shape index (κ3) is 3.01. The Morgan fingerprint density at radius 2 is 1.79 bits per heavy atom. The molecule has 0 spiro atoms. The van der Waals surface area contributed by atoms with E-state index in [9.17, 15) is 24.4 Å². The summed E-state index contributed by atoms with van der Waals surface area (Å²) < 4.78 is 3.29. The van der Waals surface area contributed by atoms with Crippen LogP contribution in [0.1, 0.15) is 58.3 Å². The number of esters is 1. The monoisotopic (exact) mass is 341 g/mol. The van der Waals surface area contributed by atoms with Crippen LogP contribution in [0.25, 0.3) is 0 Å². The standard InChI is InChI=1S/C16H25N2O6/c1-2-3-10-24-15(22)16(8-6-11(17)7-9-16)14(21)18(23)12(19)4-5-13(18)20/h11,23H,2-10,17H2,1H3/q+1. The Bertz CT molecular complexity index is 535. The van der Waals surface area contributed by atoms with E-state index in [1.807, 2.05) is 6.92 Å². The molecule has 0 bridgehead atoms. The summed E-state index contributed by atoms with van der Waals surface area (Å²) in [5, 5.41) is 10.5. The zero-order chi connectivity index (χ0) is 18.0. The van der Waals surface area contributed by atoms with Crippen molar-refractivity contribution < 1.29 is 33.8 Å². The van der Waals surface area contributed by atoms with E-state index in [1.54, 1.807) is 0 Å². The largest absolute Gasteiger partial charge is 0.465 e. The number of hydroxylamine groups is 3. The van der Waals surface area contributed by atoms with Crippen molar-refractivity contribution in [3.05, 3.63) is 0 Å². The number of unbranched alkanes of at least 4 members (excludes halogenated alkanes) is 1. The Morgan fingerprint density at radius 3 is 2.29 bits per heavy atom. The topological polar surface area (TPSA) is 124 Å². The van der Waals surface area contributed by atoms with Gasteiger partial charge in [0, 0.05) is 10.7 Å². The van der Waals surface area contributed by atoms with Crippen LogP contribution in [0.2, 0.25) is 0 Å². The second-order valence-corrected chi connectivity index (χ2v) is 6.64. The van der Waals surface area contributed by atoms with E-state index in [4.69, 9.17) is 10.5 Å². The number of likely N-dealkylation sites (tertiary alicyclic amines) is 1. The molecule has 0 radical (unpaired) electrons. The number of nitrogens with two attached hydrogens (primary N) is 1. The van der Waals surface area contributed by atoms with Gasteiger partial charge in [0.05, 0.1) is 19.4 Å². The van der Waals surface area contributed by atoms with Gasteiger partial charge in [-0.25, -0.2) is 14.4 Å². The number of quaternary nitrogens is 1. The summed E-state index contributed by atoms with van der Waals surface area (Å²) in [4.78, 5) is 49.6. The molecule has 1 aliphatic heterocycles. The number of carbonyl (C=O) groups is 4. The van der Waals surface area contributed by atoms with Crippen LogP contribution in [0.5, 0.6) is 0 Å². The smallest absolute Gasteiger partial charge is 0.378 e. The number of rotatable bonds is 5. The zero-order valence-corrected chi connectivity index (χ0v) is 14.0. The average molecular weight is 341 g/mol. The highest BCUT2D eigenvalue weighted by atomic mass is 16.6. The van der Waals surface area contributed by atoms with Gasteiger partial charge >= 0.3 is 23.7 Å². The van der Waals surface area contributed by atoms with E-state index in [0.29, 0.717) is 19.3 Å². The molecule has 1 saturated carbocycles. The highest BCUT2D eigenvalue weighted by Gasteiger charge is 2.66. The molecule has 0 aromatic carbocycles. The molecular weight excluding hydrogens is 316 g/mol. The summed E-state index contributed by atoms with van der Waals surface area (Å²) in [7, 11) is 0. The fraction of sp³-hybridized carbons (Fsp3) is 0.750. The van der Waals surface area contributed by atoms with E-state index in [1.165, 1.54) is 0 Å². The fourth-order valence-corrected chi connectivity index (χ4v) is 3.30. The molecule has 134 valence electrons. The maximum absolute atomic E-state index is 13.0. The predicted octanol–water partition coefficient (Wildman–Crippen LogP) is 0.797. The third-order valence-corrected chi connectivity index (χ3v) is 4.98. The first-order chi connectivity index (χ1) is 11.3. The van der Waals surface area contributed by atoms with Crippen LogP contribution in [-0.4, -0.2) is 46.2 Å². The lowest BCUT2D eigenvalue weighted by Crippen LogP contribution is -2.63. The molecule has 0 aromatic heterocycles. The molecule has 8 heteroatoms. The van der Waals surface area contributed by atoms with Crippen molar-refractivity contribution in [2.75, 3.05) is 6.61 Å². The first-order valence-electron chi connectivity index (χ1n) is 8.45. The third-order valence-electron chi connectivity index (χ3n) is 4.98. The highest BCUT2D eigenvalue weighted by molar-refractivity contribution is 6.09. The van der Waals surface area contributed by atoms with E-state index in [2.05, 4.69) is 0 Å². The van der Waals surface area contributed by atoms with Gasteiger partial charge in [-0.05, 0) is 32.1 Å². The number of nitrogens with zero attached hydrogens (tertiary/aromatic N) is 1. The zero-order valence-electron chi connectivity index (χ0n) is 14.0. The van der Waals surface area contributed by atoms with Gasteiger partial charge in [-0.1, -0.05) is 13.3 Å². The van der Waals surface area contributed by atoms with Crippen LogP contribution in [0.4, 0.5) is 0 Å². The second kappa shape index (κ2) is 7.08. The molecule has 2 aliphatic rings. The summed E-state index contributed by atoms with van der Waals surface area (Å²) in [6.07, 6.45) is 1.96. The van der Waals surface area contributed by atoms with Crippen LogP contribution in [0.15, 0.2) is 0 Å². The molecule has 0 atom stereocenters. The Balaban J connectivity index is 2.32. The van der Waals surface area contributed by atoms with Gasteiger partial charge in [0.25, 0.3) is 0 Å². The molecular formula is C16H25N2O6+. The molecule has 8 nitrogen and oxygen atoms in total. The lowest BCUT2D eigenvalue weighted by molar-refractivity contribution is -0.907. The summed E-state index contributed by atoms with van der Waals surface area (Å²) in [5.74, 6) is -3.63. The van der Waals surface area contributed by atoms with Crippen molar-refractivity contribution in [3.8, 4) is 0 Å². The van der Waals surface area contributed by atoms with Crippen LogP contribution in [-0.2, 0) is 23.9 Å². The maximum Gasteiger partial charge on any atom is 0.378 e. The Kier molecular flexibility index (Phi) is 5.52. The van der Waals surface area contributed by atoms with Crippen molar-refractivity contribution in [2.45, 2.75) is 64.3 Å². The van der Waals surface area contributed by atoms with E-state index in [-0.39, 0.29) is 38.3 Å². The molecule has 1 saturated heterocycles. The Labute approximate surface area is 140 Å². The van der Waals surface area contributed by atoms with E-state index >= 15 is 0 Å². The van der Waals surface area contributed by atoms with Crippen molar-refractivity contribution >= 4 is 23.7 Å². The number of ether oxygens (including phenoxy) is 1. The number of amides is 3. The molecule has 2 rings (SSSR count). The van der Waals surface area contributed by atoms with E-state index in [0.717, 1.165) is 6.42 Å². The first-order valence-corrected chi connectivity index (χ1v) is 8.45. The summed E-state index contributed by atoms with van der Waals surface area (Å²) >= 11 is 0. The number of imide groups is 3. The van der Waals surface area contributed by atoms with Crippen LogP contribution < -0.4 is 5.73 Å². The Hall–Kier alpha value is -1.64. The molecule has 3 amide bonds. The number of hydrogen-bond donors (Lipinski definition) is 2. The van der Waals surface area contributed by atoms with Gasteiger partial charge in [-0.2, -0.15) is 5.21 Å². The van der Waals surface area contributed by atoms with E-state index < -0.39 is 33.8 Å². The minimum absolute atomic E-state index is 0.0685. The van der Waals surface area contributed by atoms with Gasteiger partial charge in [-0.15, -0.1) is 0 Å². The van der Waals surface area contributed by atoms with Crippen LogP contribution in [0.3, 0.4) is 0 Å². The first kappa shape index (κ1) is 18.7. The molecule has 0 aromatic rings. The lowest BCUT2D eigenvalue weighted by Gasteiger charge is -2.36. The number of carbonyl (C=O) groups excluding carboxylic acids is 4. The molecule has 1 heterocycles.